The Morgan fingerprint density at radius 3 is 2.42 bits per heavy atom. The van der Waals surface area contributed by atoms with Gasteiger partial charge in [-0.2, -0.15) is 0 Å². The average Bonchev–Trinajstić information content (AvgIpc) is 2.38. The summed E-state index contributed by atoms with van der Waals surface area (Å²) in [5, 5.41) is 20.1. The lowest BCUT2D eigenvalue weighted by Crippen LogP contribution is -2.03. The first-order valence-corrected chi connectivity index (χ1v) is 5.28. The molecule has 0 radical (unpaired) electrons. The number of hydrogen-bond acceptors (Lipinski definition) is 3. The third-order valence-corrected chi connectivity index (χ3v) is 2.61. The summed E-state index contributed by atoms with van der Waals surface area (Å²) in [5.41, 5.74) is -1.07. The number of halogens is 1. The van der Waals surface area contributed by atoms with E-state index in [9.17, 15) is 19.3 Å². The van der Waals surface area contributed by atoms with E-state index in [2.05, 4.69) is 0 Å². The molecule has 0 aliphatic carbocycles. The van der Waals surface area contributed by atoms with Crippen molar-refractivity contribution in [1.82, 2.24) is 0 Å². The van der Waals surface area contributed by atoms with Gasteiger partial charge in [0, 0.05) is 11.6 Å². The van der Waals surface area contributed by atoms with Crippen molar-refractivity contribution in [1.29, 1.82) is 0 Å². The Morgan fingerprint density at radius 1 is 1.16 bits per heavy atom. The molecule has 0 atom stereocenters. The Morgan fingerprint density at radius 2 is 1.84 bits per heavy atom. The summed E-state index contributed by atoms with van der Waals surface area (Å²) in [7, 11) is 0. The van der Waals surface area contributed by atoms with Gasteiger partial charge in [-0.1, -0.05) is 24.3 Å². The van der Waals surface area contributed by atoms with Gasteiger partial charge in [0.15, 0.2) is 0 Å². The summed E-state index contributed by atoms with van der Waals surface area (Å²) in [4.78, 5) is 21.4. The first kappa shape index (κ1) is 12.7. The van der Waals surface area contributed by atoms with Crippen molar-refractivity contribution in [3.05, 3.63) is 64.0 Å². The fraction of sp³-hybridized carbons (Fsp3) is 0. The number of rotatable bonds is 3. The summed E-state index contributed by atoms with van der Waals surface area (Å²) in [5.74, 6) is -2.05. The van der Waals surface area contributed by atoms with Crippen LogP contribution >= 0.6 is 0 Å². The van der Waals surface area contributed by atoms with Gasteiger partial charge in [0.25, 0.3) is 5.69 Å². The van der Waals surface area contributed by atoms with E-state index in [1.807, 2.05) is 0 Å². The molecule has 0 aliphatic heterocycles. The minimum atomic E-state index is -1.35. The fourth-order valence-electron chi connectivity index (χ4n) is 1.82. The van der Waals surface area contributed by atoms with Gasteiger partial charge in [0.2, 0.25) is 0 Å². The van der Waals surface area contributed by atoms with E-state index >= 15 is 0 Å². The third-order valence-electron chi connectivity index (χ3n) is 2.61. The molecule has 2 rings (SSSR count). The minimum absolute atomic E-state index is 0.104. The summed E-state index contributed by atoms with van der Waals surface area (Å²) in [6.45, 7) is 0. The fourth-order valence-corrected chi connectivity index (χ4v) is 1.82. The highest BCUT2D eigenvalue weighted by Gasteiger charge is 2.24. The second-order valence-corrected chi connectivity index (χ2v) is 3.74. The predicted octanol–water partition coefficient (Wildman–Crippen LogP) is 3.10. The molecule has 96 valence electrons. The van der Waals surface area contributed by atoms with Crippen LogP contribution in [0.15, 0.2) is 42.5 Å². The minimum Gasteiger partial charge on any atom is -0.478 e. The Kier molecular flexibility index (Phi) is 3.24. The van der Waals surface area contributed by atoms with Crippen molar-refractivity contribution >= 4 is 11.7 Å². The first-order valence-electron chi connectivity index (χ1n) is 5.28. The van der Waals surface area contributed by atoms with Crippen LogP contribution in [0.25, 0.3) is 11.1 Å². The molecule has 1 N–H and O–H groups in total. The monoisotopic (exact) mass is 261 g/mol. The summed E-state index contributed by atoms with van der Waals surface area (Å²) >= 11 is 0. The number of carboxylic acids is 1. The van der Waals surface area contributed by atoms with Gasteiger partial charge in [0.1, 0.15) is 5.82 Å². The van der Waals surface area contributed by atoms with Gasteiger partial charge in [-0.15, -0.1) is 0 Å². The Balaban J connectivity index is 2.83. The van der Waals surface area contributed by atoms with E-state index in [0.29, 0.717) is 0 Å². The third kappa shape index (κ3) is 2.28. The Bertz CT molecular complexity index is 637. The van der Waals surface area contributed by atoms with Crippen molar-refractivity contribution in [2.75, 3.05) is 0 Å². The summed E-state index contributed by atoms with van der Waals surface area (Å²) in [6.07, 6.45) is 0. The summed E-state index contributed by atoms with van der Waals surface area (Å²) < 4.78 is 13.7. The first-order chi connectivity index (χ1) is 9.02. The van der Waals surface area contributed by atoms with E-state index in [-0.39, 0.29) is 16.7 Å². The van der Waals surface area contributed by atoms with Gasteiger partial charge in [0.05, 0.1) is 16.1 Å². The van der Waals surface area contributed by atoms with Crippen LogP contribution in [-0.2, 0) is 0 Å². The average molecular weight is 261 g/mol. The van der Waals surface area contributed by atoms with Gasteiger partial charge >= 0.3 is 5.97 Å². The second-order valence-electron chi connectivity index (χ2n) is 3.74. The van der Waals surface area contributed by atoms with Crippen LogP contribution in [0.2, 0.25) is 0 Å². The molecule has 0 unspecified atom stereocenters. The van der Waals surface area contributed by atoms with Gasteiger partial charge in [-0.05, 0) is 12.1 Å². The number of hydrogen-bond donors (Lipinski definition) is 1. The molecule has 0 amide bonds. The molecule has 0 bridgehead atoms. The lowest BCUT2D eigenvalue weighted by atomic mass is 9.97. The highest BCUT2D eigenvalue weighted by molar-refractivity contribution is 5.99. The number of nitrogens with zero attached hydrogens (tertiary/aromatic N) is 1. The molecule has 6 heteroatoms. The van der Waals surface area contributed by atoms with E-state index < -0.39 is 22.4 Å². The zero-order valence-corrected chi connectivity index (χ0v) is 9.54. The maximum absolute atomic E-state index is 13.7. The normalized spacial score (nSPS) is 10.2. The van der Waals surface area contributed by atoms with Crippen molar-refractivity contribution in [3.63, 3.8) is 0 Å². The number of nitro groups is 1. The molecule has 2 aromatic carbocycles. The standard InChI is InChI=1S/C13H8FNO4/c14-10-6-2-1-4-8(10)12-9(13(16)17)5-3-7-11(12)15(18)19/h1-7H,(H,16,17). The molecule has 5 nitrogen and oxygen atoms in total. The van der Waals surface area contributed by atoms with Crippen molar-refractivity contribution < 1.29 is 19.2 Å². The molecule has 0 fully saturated rings. The number of nitro benzene ring substituents is 1. The van der Waals surface area contributed by atoms with E-state index in [4.69, 9.17) is 5.11 Å². The Labute approximate surface area is 107 Å². The molecule has 0 heterocycles. The zero-order chi connectivity index (χ0) is 14.0. The number of benzene rings is 2. The van der Waals surface area contributed by atoms with Gasteiger partial charge < -0.3 is 5.11 Å². The highest BCUT2D eigenvalue weighted by atomic mass is 19.1. The molecule has 0 spiro atoms. The predicted molar refractivity (Wildman–Crippen MR) is 65.4 cm³/mol. The number of aromatic carboxylic acids is 1. The van der Waals surface area contributed by atoms with Crippen LogP contribution in [0.5, 0.6) is 0 Å². The van der Waals surface area contributed by atoms with E-state index in [1.165, 1.54) is 30.3 Å². The summed E-state index contributed by atoms with van der Waals surface area (Å²) in [6, 6.07) is 8.95. The quantitative estimate of drug-likeness (QED) is 0.680. The maximum atomic E-state index is 13.7. The van der Waals surface area contributed by atoms with Crippen molar-refractivity contribution in [3.8, 4) is 11.1 Å². The van der Waals surface area contributed by atoms with Crippen molar-refractivity contribution in [2.24, 2.45) is 0 Å². The number of carboxylic acid groups (broad SMARTS) is 1. The van der Waals surface area contributed by atoms with Crippen LogP contribution < -0.4 is 0 Å². The van der Waals surface area contributed by atoms with Crippen LogP contribution in [-0.4, -0.2) is 16.0 Å². The van der Waals surface area contributed by atoms with Gasteiger partial charge in [-0.25, -0.2) is 9.18 Å². The lowest BCUT2D eigenvalue weighted by Gasteiger charge is -2.08. The SMILES string of the molecule is O=C(O)c1cccc([N+](=O)[O-])c1-c1ccccc1F. The second kappa shape index (κ2) is 4.85. The molecule has 0 aliphatic rings. The largest absolute Gasteiger partial charge is 0.478 e. The Hall–Kier alpha value is -2.76. The molecule has 2 aromatic rings. The van der Waals surface area contributed by atoms with Crippen LogP contribution in [0.4, 0.5) is 10.1 Å². The van der Waals surface area contributed by atoms with Gasteiger partial charge in [-0.3, -0.25) is 10.1 Å². The van der Waals surface area contributed by atoms with Crippen LogP contribution in [0, 0.1) is 15.9 Å². The smallest absolute Gasteiger partial charge is 0.336 e. The van der Waals surface area contributed by atoms with E-state index in [0.717, 1.165) is 12.1 Å². The molecular formula is C13H8FNO4. The van der Waals surface area contributed by atoms with Crippen LogP contribution in [0.1, 0.15) is 10.4 Å². The van der Waals surface area contributed by atoms with Crippen molar-refractivity contribution in [2.45, 2.75) is 0 Å². The molecule has 0 saturated carbocycles. The van der Waals surface area contributed by atoms with Crippen LogP contribution in [0.3, 0.4) is 0 Å². The zero-order valence-electron chi connectivity index (χ0n) is 9.54. The molecule has 0 saturated heterocycles. The number of carbonyl (C=O) groups is 1. The molecule has 0 aromatic heterocycles. The molecule has 19 heavy (non-hydrogen) atoms. The topological polar surface area (TPSA) is 80.4 Å². The molecular weight excluding hydrogens is 253 g/mol. The van der Waals surface area contributed by atoms with E-state index in [1.54, 1.807) is 0 Å². The highest BCUT2D eigenvalue weighted by Crippen LogP contribution is 2.34. The maximum Gasteiger partial charge on any atom is 0.336 e. The lowest BCUT2D eigenvalue weighted by molar-refractivity contribution is -0.384.